The first kappa shape index (κ1) is 13.1. The van der Waals surface area contributed by atoms with Crippen molar-refractivity contribution in [3.63, 3.8) is 0 Å². The fraction of sp³-hybridized carbons (Fsp3) is 1.00. The van der Waals surface area contributed by atoms with Crippen LogP contribution in [-0.2, 0) is 15.5 Å². The number of nitrogens with two attached hydrogens (primary N) is 1. The summed E-state index contributed by atoms with van der Waals surface area (Å²) in [6, 6.07) is 0.149. The molecule has 0 aliphatic heterocycles. The molecule has 0 aromatic rings. The number of rotatable bonds is 5. The van der Waals surface area contributed by atoms with Crippen LogP contribution in [0.3, 0.4) is 0 Å². The average Bonchev–Trinajstić information content (AvgIpc) is 2.43. The van der Waals surface area contributed by atoms with Crippen LogP contribution in [0.15, 0.2) is 0 Å². The standard InChI is InChI=1S/C11H23NO2S/c1-14-8-5-9-15(13)11-7-4-2-3-6-10(11)12/h10-11H,2-9,12H2,1H3. The molecule has 0 radical (unpaired) electrons. The Morgan fingerprint density at radius 2 is 2.07 bits per heavy atom. The van der Waals surface area contributed by atoms with E-state index in [9.17, 15) is 4.21 Å². The Kier molecular flexibility index (Phi) is 6.45. The van der Waals surface area contributed by atoms with Gasteiger partial charge in [0.15, 0.2) is 0 Å². The third-order valence-electron chi connectivity index (χ3n) is 3.04. The molecule has 1 aliphatic rings. The van der Waals surface area contributed by atoms with Crippen molar-refractivity contribution in [2.45, 2.75) is 49.8 Å². The van der Waals surface area contributed by atoms with Crippen molar-refractivity contribution < 1.29 is 8.95 Å². The van der Waals surface area contributed by atoms with Gasteiger partial charge in [0.25, 0.3) is 0 Å². The van der Waals surface area contributed by atoms with Crippen molar-refractivity contribution in [1.29, 1.82) is 0 Å². The summed E-state index contributed by atoms with van der Waals surface area (Å²) < 4.78 is 17.0. The van der Waals surface area contributed by atoms with E-state index in [1.165, 1.54) is 19.3 Å². The van der Waals surface area contributed by atoms with Gasteiger partial charge in [0.2, 0.25) is 0 Å². The van der Waals surface area contributed by atoms with Crippen molar-refractivity contribution in [3.05, 3.63) is 0 Å². The second-order valence-electron chi connectivity index (χ2n) is 4.27. The second kappa shape index (κ2) is 7.36. The molecule has 4 heteroatoms. The molecule has 1 fully saturated rings. The predicted octanol–water partition coefficient (Wildman–Crippen LogP) is 1.43. The van der Waals surface area contributed by atoms with Gasteiger partial charge in [0, 0.05) is 41.6 Å². The largest absolute Gasteiger partial charge is 0.385 e. The van der Waals surface area contributed by atoms with Gasteiger partial charge in [-0.2, -0.15) is 0 Å². The summed E-state index contributed by atoms with van der Waals surface area (Å²) in [6.45, 7) is 0.702. The Hall–Kier alpha value is 0.0700. The fourth-order valence-corrected chi connectivity index (χ4v) is 3.79. The molecule has 90 valence electrons. The van der Waals surface area contributed by atoms with Gasteiger partial charge in [-0.3, -0.25) is 4.21 Å². The molecule has 0 bridgehead atoms. The van der Waals surface area contributed by atoms with E-state index in [1.54, 1.807) is 7.11 Å². The minimum atomic E-state index is -0.754. The highest BCUT2D eigenvalue weighted by Gasteiger charge is 2.25. The number of hydrogen-bond acceptors (Lipinski definition) is 3. The van der Waals surface area contributed by atoms with Gasteiger partial charge in [-0.1, -0.05) is 19.3 Å². The average molecular weight is 233 g/mol. The molecule has 0 spiro atoms. The van der Waals surface area contributed by atoms with Gasteiger partial charge < -0.3 is 10.5 Å². The van der Waals surface area contributed by atoms with Crippen LogP contribution >= 0.6 is 0 Å². The minimum Gasteiger partial charge on any atom is -0.385 e. The highest BCUT2D eigenvalue weighted by Crippen LogP contribution is 2.21. The normalized spacial score (nSPS) is 29.7. The van der Waals surface area contributed by atoms with Crippen LogP contribution in [0.25, 0.3) is 0 Å². The quantitative estimate of drug-likeness (QED) is 0.577. The van der Waals surface area contributed by atoms with Gasteiger partial charge >= 0.3 is 0 Å². The Labute approximate surface area is 95.2 Å². The van der Waals surface area contributed by atoms with E-state index >= 15 is 0 Å². The van der Waals surface area contributed by atoms with Gasteiger partial charge in [0.05, 0.1) is 0 Å². The Balaban J connectivity index is 2.34. The molecule has 0 amide bonds. The van der Waals surface area contributed by atoms with Crippen molar-refractivity contribution in [2.24, 2.45) is 5.73 Å². The number of hydrogen-bond donors (Lipinski definition) is 1. The first-order valence-corrected chi connectivity index (χ1v) is 7.25. The summed E-state index contributed by atoms with van der Waals surface area (Å²) in [5.74, 6) is 0.742. The lowest BCUT2D eigenvalue weighted by molar-refractivity contribution is 0.200. The van der Waals surface area contributed by atoms with E-state index in [2.05, 4.69) is 0 Å². The number of methoxy groups -OCH3 is 1. The van der Waals surface area contributed by atoms with Gasteiger partial charge in [0.1, 0.15) is 0 Å². The zero-order valence-corrected chi connectivity index (χ0v) is 10.4. The van der Waals surface area contributed by atoms with E-state index in [4.69, 9.17) is 10.5 Å². The Morgan fingerprint density at radius 3 is 2.80 bits per heavy atom. The zero-order valence-electron chi connectivity index (χ0n) is 9.61. The van der Waals surface area contributed by atoms with Crippen molar-refractivity contribution in [3.8, 4) is 0 Å². The van der Waals surface area contributed by atoms with E-state index < -0.39 is 10.8 Å². The van der Waals surface area contributed by atoms with E-state index in [0.717, 1.165) is 25.0 Å². The fourth-order valence-electron chi connectivity index (χ4n) is 2.13. The van der Waals surface area contributed by atoms with Crippen LogP contribution in [0.5, 0.6) is 0 Å². The van der Waals surface area contributed by atoms with Gasteiger partial charge in [-0.05, 0) is 19.3 Å². The maximum absolute atomic E-state index is 12.0. The van der Waals surface area contributed by atoms with Crippen LogP contribution in [0.2, 0.25) is 0 Å². The smallest absolute Gasteiger partial charge is 0.0499 e. The molecule has 2 N–H and O–H groups in total. The highest BCUT2D eigenvalue weighted by atomic mass is 32.2. The molecule has 1 aliphatic carbocycles. The summed E-state index contributed by atoms with van der Waals surface area (Å²) in [4.78, 5) is 0. The monoisotopic (exact) mass is 233 g/mol. The maximum Gasteiger partial charge on any atom is 0.0499 e. The first-order chi connectivity index (χ1) is 7.25. The van der Waals surface area contributed by atoms with E-state index in [-0.39, 0.29) is 11.3 Å². The summed E-state index contributed by atoms with van der Waals surface area (Å²) >= 11 is 0. The highest BCUT2D eigenvalue weighted by molar-refractivity contribution is 7.85. The summed E-state index contributed by atoms with van der Waals surface area (Å²) in [5, 5.41) is 0.226. The molecule has 1 rings (SSSR count). The molecular formula is C11H23NO2S. The Morgan fingerprint density at radius 1 is 1.33 bits per heavy atom. The third-order valence-corrected chi connectivity index (χ3v) is 4.99. The minimum absolute atomic E-state index is 0.149. The molecule has 0 saturated heterocycles. The van der Waals surface area contributed by atoms with E-state index in [0.29, 0.717) is 6.61 Å². The molecular weight excluding hydrogens is 210 g/mol. The lowest BCUT2D eigenvalue weighted by Gasteiger charge is -2.20. The van der Waals surface area contributed by atoms with Crippen LogP contribution in [0, 0.1) is 0 Å². The predicted molar refractivity (Wildman–Crippen MR) is 64.4 cm³/mol. The van der Waals surface area contributed by atoms with E-state index in [1.807, 2.05) is 0 Å². The molecule has 3 unspecified atom stereocenters. The zero-order chi connectivity index (χ0) is 11.1. The van der Waals surface area contributed by atoms with Crippen LogP contribution < -0.4 is 5.73 Å². The lowest BCUT2D eigenvalue weighted by Crippen LogP contribution is -2.37. The third kappa shape index (κ3) is 4.62. The van der Waals surface area contributed by atoms with Gasteiger partial charge in [-0.25, -0.2) is 0 Å². The lowest BCUT2D eigenvalue weighted by atomic mass is 10.1. The van der Waals surface area contributed by atoms with Crippen LogP contribution in [-0.4, -0.2) is 35.0 Å². The molecule has 15 heavy (non-hydrogen) atoms. The van der Waals surface area contributed by atoms with Gasteiger partial charge in [-0.15, -0.1) is 0 Å². The Bertz CT molecular complexity index is 199. The number of ether oxygens (including phenoxy) is 1. The first-order valence-electron chi connectivity index (χ1n) is 5.87. The molecule has 0 heterocycles. The molecule has 3 atom stereocenters. The van der Waals surface area contributed by atoms with Crippen molar-refractivity contribution >= 4 is 10.8 Å². The summed E-state index contributed by atoms with van der Waals surface area (Å²) in [5.41, 5.74) is 6.06. The van der Waals surface area contributed by atoms with Crippen LogP contribution in [0.1, 0.15) is 38.5 Å². The molecule has 1 saturated carbocycles. The van der Waals surface area contributed by atoms with Crippen molar-refractivity contribution in [1.82, 2.24) is 0 Å². The SMILES string of the molecule is COCCCS(=O)C1CCCCCC1N. The molecule has 0 aromatic heterocycles. The topological polar surface area (TPSA) is 52.3 Å². The maximum atomic E-state index is 12.0. The second-order valence-corrected chi connectivity index (χ2v) is 6.05. The summed E-state index contributed by atoms with van der Waals surface area (Å²) in [7, 11) is 0.927. The summed E-state index contributed by atoms with van der Waals surface area (Å²) in [6.07, 6.45) is 6.61. The van der Waals surface area contributed by atoms with Crippen LogP contribution in [0.4, 0.5) is 0 Å². The van der Waals surface area contributed by atoms with Crippen molar-refractivity contribution in [2.75, 3.05) is 19.5 Å². The molecule has 0 aromatic carbocycles. The molecule has 3 nitrogen and oxygen atoms in total.